The molecule has 1 N–H and O–H groups in total. The van der Waals surface area contributed by atoms with Crippen LogP contribution in [0, 0.1) is 11.3 Å². The fourth-order valence-corrected chi connectivity index (χ4v) is 1.71. The zero-order valence-electron chi connectivity index (χ0n) is 11.8. The Hall–Kier alpha value is -3.04. The van der Waals surface area contributed by atoms with Gasteiger partial charge in [-0.25, -0.2) is 4.98 Å². The molecule has 0 fully saturated rings. The molecule has 22 heavy (non-hydrogen) atoms. The van der Waals surface area contributed by atoms with E-state index in [0.717, 1.165) is 5.69 Å². The minimum Gasteiger partial charge on any atom is -0.539 e. The average molecular weight is 291 g/mol. The number of hydrogen-bond donors (Lipinski definition) is 1. The van der Waals surface area contributed by atoms with Crippen molar-refractivity contribution in [2.24, 2.45) is 0 Å². The Morgan fingerprint density at radius 2 is 1.82 bits per heavy atom. The molecular formula is C16H14BN3O2. The number of hydrogen-bond acceptors (Lipinski definition) is 4. The molecule has 0 spiro atoms. The molecular weight excluding hydrogens is 277 g/mol. The molecule has 0 atom stereocenters. The molecule has 3 aromatic rings. The number of rotatable bonds is 3. The third-order valence-corrected chi connectivity index (χ3v) is 2.77. The van der Waals surface area contributed by atoms with Gasteiger partial charge in [-0.05, 0) is 36.4 Å². The summed E-state index contributed by atoms with van der Waals surface area (Å²) >= 11 is 0. The fraction of sp³-hybridized carbons (Fsp3) is 0. The molecule has 6 heteroatoms. The van der Waals surface area contributed by atoms with Gasteiger partial charge in [0.25, 0.3) is 0 Å². The highest BCUT2D eigenvalue weighted by Crippen LogP contribution is 2.14. The molecule has 108 valence electrons. The first-order valence-electron chi connectivity index (χ1n) is 6.60. The summed E-state index contributed by atoms with van der Waals surface area (Å²) < 4.78 is 6.80. The summed E-state index contributed by atoms with van der Waals surface area (Å²) in [4.78, 5) is 3.95. The van der Waals surface area contributed by atoms with Crippen LogP contribution in [0.3, 0.4) is 0 Å². The lowest BCUT2D eigenvalue weighted by molar-refractivity contribution is 0.454. The Morgan fingerprint density at radius 1 is 1.09 bits per heavy atom. The molecule has 0 bridgehead atoms. The van der Waals surface area contributed by atoms with Crippen molar-refractivity contribution in [2.45, 2.75) is 0 Å². The second kappa shape index (κ2) is 8.30. The van der Waals surface area contributed by atoms with Gasteiger partial charge in [-0.1, -0.05) is 18.2 Å². The van der Waals surface area contributed by atoms with Gasteiger partial charge in [0.2, 0.25) is 0 Å². The van der Waals surface area contributed by atoms with E-state index in [0.29, 0.717) is 11.3 Å². The fourth-order valence-electron chi connectivity index (χ4n) is 1.71. The topological polar surface area (TPSA) is 71.1 Å². The van der Waals surface area contributed by atoms with Crippen LogP contribution in [0.15, 0.2) is 73.3 Å². The minimum atomic E-state index is -0.301. The number of aromatic nitrogens is 2. The van der Waals surface area contributed by atoms with Crippen molar-refractivity contribution in [3.8, 4) is 17.5 Å². The Bertz CT molecular complexity index is 707. The summed E-state index contributed by atoms with van der Waals surface area (Å²) in [5, 5.41) is 16.8. The van der Waals surface area contributed by atoms with E-state index in [1.807, 2.05) is 47.2 Å². The number of nitriles is 1. The van der Waals surface area contributed by atoms with Crippen molar-refractivity contribution in [1.29, 1.82) is 5.26 Å². The molecule has 0 saturated heterocycles. The highest BCUT2D eigenvalue weighted by Gasteiger charge is 1.96. The smallest absolute Gasteiger partial charge is 0.504 e. The second-order valence-corrected chi connectivity index (χ2v) is 4.22. The highest BCUT2D eigenvalue weighted by atomic mass is 16.5. The van der Waals surface area contributed by atoms with E-state index in [4.69, 9.17) is 14.9 Å². The maximum atomic E-state index is 8.54. The summed E-state index contributed by atoms with van der Waals surface area (Å²) in [6.07, 6.45) is 5.31. The van der Waals surface area contributed by atoms with Gasteiger partial charge in [0, 0.05) is 18.1 Å². The van der Waals surface area contributed by atoms with E-state index in [2.05, 4.69) is 4.98 Å². The molecule has 0 unspecified atom stereocenters. The van der Waals surface area contributed by atoms with E-state index >= 15 is 0 Å². The first kappa shape index (κ1) is 15.4. The molecule has 1 heterocycles. The largest absolute Gasteiger partial charge is 0.539 e. The molecule has 0 amide bonds. The van der Waals surface area contributed by atoms with Gasteiger partial charge in [-0.3, -0.25) is 0 Å². The van der Waals surface area contributed by atoms with E-state index in [1.165, 1.54) is 0 Å². The summed E-state index contributed by atoms with van der Waals surface area (Å²) in [6, 6.07) is 18.5. The number of imidazole rings is 1. The Kier molecular flexibility index (Phi) is 5.79. The van der Waals surface area contributed by atoms with Crippen molar-refractivity contribution in [3.05, 3.63) is 78.9 Å². The van der Waals surface area contributed by atoms with Gasteiger partial charge in [0.05, 0.1) is 18.0 Å². The highest BCUT2D eigenvalue weighted by molar-refractivity contribution is 6.17. The summed E-state index contributed by atoms with van der Waals surface area (Å²) in [5.74, 6) is 0.649. The zero-order valence-corrected chi connectivity index (χ0v) is 11.8. The van der Waals surface area contributed by atoms with Gasteiger partial charge < -0.3 is 14.2 Å². The van der Waals surface area contributed by atoms with E-state index < -0.39 is 0 Å². The zero-order chi connectivity index (χ0) is 15.6. The quantitative estimate of drug-likeness (QED) is 0.750. The first-order valence-corrected chi connectivity index (χ1v) is 6.60. The molecule has 0 saturated carbocycles. The molecule has 2 aromatic carbocycles. The molecule has 3 rings (SSSR count). The Balaban J connectivity index is 0.000000188. The molecule has 5 nitrogen and oxygen atoms in total. The predicted molar refractivity (Wildman–Crippen MR) is 84.7 cm³/mol. The third-order valence-electron chi connectivity index (χ3n) is 2.77. The van der Waals surface area contributed by atoms with Gasteiger partial charge in [0.1, 0.15) is 5.75 Å². The van der Waals surface area contributed by atoms with Crippen LogP contribution in [0.5, 0.6) is 5.75 Å². The number of benzene rings is 2. The summed E-state index contributed by atoms with van der Waals surface area (Å²) in [5.41, 5.74) is 1.72. The normalized spacial score (nSPS) is 9.09. The molecule has 0 radical (unpaired) electrons. The van der Waals surface area contributed by atoms with Crippen LogP contribution in [0.1, 0.15) is 5.56 Å². The second-order valence-electron chi connectivity index (χ2n) is 4.22. The van der Waals surface area contributed by atoms with Gasteiger partial charge in [-0.15, -0.1) is 0 Å². The van der Waals surface area contributed by atoms with Gasteiger partial charge in [0.15, 0.2) is 0 Å². The van der Waals surface area contributed by atoms with Gasteiger partial charge >= 0.3 is 7.69 Å². The van der Waals surface area contributed by atoms with Crippen molar-refractivity contribution in [3.63, 3.8) is 0 Å². The van der Waals surface area contributed by atoms with Crippen LogP contribution in [0.2, 0.25) is 0 Å². The third kappa shape index (κ3) is 4.51. The lowest BCUT2D eigenvalue weighted by Crippen LogP contribution is -1.99. The van der Waals surface area contributed by atoms with Crippen LogP contribution in [0.25, 0.3) is 5.69 Å². The summed E-state index contributed by atoms with van der Waals surface area (Å²) in [7, 11) is -0.301. The van der Waals surface area contributed by atoms with Crippen molar-refractivity contribution < 1.29 is 9.68 Å². The molecule has 0 aliphatic rings. The summed E-state index contributed by atoms with van der Waals surface area (Å²) in [6.45, 7) is 0. The molecule has 1 aromatic heterocycles. The monoisotopic (exact) mass is 291 g/mol. The van der Waals surface area contributed by atoms with E-state index in [1.54, 1.807) is 36.8 Å². The van der Waals surface area contributed by atoms with Crippen LogP contribution in [-0.2, 0) is 0 Å². The predicted octanol–water partition coefficient (Wildman–Crippen LogP) is 2.07. The van der Waals surface area contributed by atoms with E-state index in [9.17, 15) is 0 Å². The van der Waals surface area contributed by atoms with Crippen LogP contribution in [-0.4, -0.2) is 22.3 Å². The van der Waals surface area contributed by atoms with Gasteiger partial charge in [-0.2, -0.15) is 5.26 Å². The first-order chi connectivity index (χ1) is 10.8. The van der Waals surface area contributed by atoms with Crippen LogP contribution < -0.4 is 4.65 Å². The average Bonchev–Trinajstić information content (AvgIpc) is 3.12. The Morgan fingerprint density at radius 3 is 2.32 bits per heavy atom. The lowest BCUT2D eigenvalue weighted by Gasteiger charge is -2.04. The molecule has 0 aliphatic carbocycles. The maximum Gasteiger partial charge on any atom is 0.504 e. The van der Waals surface area contributed by atoms with Crippen molar-refractivity contribution in [1.82, 2.24) is 9.55 Å². The van der Waals surface area contributed by atoms with E-state index in [-0.39, 0.29) is 7.69 Å². The SMILES string of the molecule is N#Cc1ccccc1.OBOc1ccc(-n2ccnc2)cc1. The van der Waals surface area contributed by atoms with Crippen molar-refractivity contribution in [2.75, 3.05) is 0 Å². The van der Waals surface area contributed by atoms with Crippen LogP contribution >= 0.6 is 0 Å². The maximum absolute atomic E-state index is 8.54. The Labute approximate surface area is 129 Å². The number of nitrogens with zero attached hydrogens (tertiary/aromatic N) is 3. The van der Waals surface area contributed by atoms with Crippen LogP contribution in [0.4, 0.5) is 0 Å². The molecule has 0 aliphatic heterocycles. The standard InChI is InChI=1S/C9H9BN2O2.C7H5N/c13-10-14-9-3-1-8(2-4-9)12-6-5-11-7-12;8-6-7-4-2-1-3-5-7/h1-7,10,13H;1-5H. The lowest BCUT2D eigenvalue weighted by atomic mass is 10.2. The van der Waals surface area contributed by atoms with Crippen molar-refractivity contribution >= 4 is 7.69 Å². The minimum absolute atomic E-state index is 0.301.